The van der Waals surface area contributed by atoms with E-state index in [1.165, 1.54) is 10.9 Å². The van der Waals surface area contributed by atoms with Crippen molar-refractivity contribution < 1.29 is 0 Å². The largest absolute Gasteiger partial charge is 0.271 e. The lowest BCUT2D eigenvalue weighted by Crippen LogP contribution is -2.37. The average molecular weight is 260 g/mol. The van der Waals surface area contributed by atoms with Gasteiger partial charge in [0, 0.05) is 24.4 Å². The van der Waals surface area contributed by atoms with Gasteiger partial charge in [-0.3, -0.25) is 16.0 Å². The molecule has 0 bridgehead atoms. The number of aromatic nitrogens is 2. The highest BCUT2D eigenvalue weighted by molar-refractivity contribution is 5.82. The SMILES string of the molecule is CCn1nc(CC(CC(C)C)NN)c2ccccc21. The molecule has 0 spiro atoms. The first kappa shape index (κ1) is 14.0. The number of fused-ring (bicyclic) bond motifs is 1. The molecule has 0 aliphatic heterocycles. The van der Waals surface area contributed by atoms with Crippen LogP contribution in [0.25, 0.3) is 10.9 Å². The Morgan fingerprint density at radius 3 is 2.68 bits per heavy atom. The highest BCUT2D eigenvalue weighted by atomic mass is 15.3. The van der Waals surface area contributed by atoms with Gasteiger partial charge in [0.15, 0.2) is 0 Å². The molecule has 0 saturated heterocycles. The summed E-state index contributed by atoms with van der Waals surface area (Å²) in [6.45, 7) is 7.45. The molecular weight excluding hydrogens is 236 g/mol. The topological polar surface area (TPSA) is 55.9 Å². The van der Waals surface area contributed by atoms with Crippen molar-refractivity contribution in [1.82, 2.24) is 15.2 Å². The summed E-state index contributed by atoms with van der Waals surface area (Å²) in [7, 11) is 0. The Morgan fingerprint density at radius 2 is 2.05 bits per heavy atom. The monoisotopic (exact) mass is 260 g/mol. The van der Waals surface area contributed by atoms with Crippen LogP contribution in [0.1, 0.15) is 32.9 Å². The minimum absolute atomic E-state index is 0.281. The molecule has 0 saturated carbocycles. The summed E-state index contributed by atoms with van der Waals surface area (Å²) >= 11 is 0. The van der Waals surface area contributed by atoms with Crippen molar-refractivity contribution >= 4 is 10.9 Å². The average Bonchev–Trinajstić information content (AvgIpc) is 2.76. The molecule has 4 heteroatoms. The number of nitrogens with one attached hydrogen (secondary N) is 1. The molecule has 0 amide bonds. The van der Waals surface area contributed by atoms with Crippen LogP contribution in [0.3, 0.4) is 0 Å². The van der Waals surface area contributed by atoms with Gasteiger partial charge < -0.3 is 0 Å². The zero-order valence-corrected chi connectivity index (χ0v) is 12.1. The molecule has 1 aromatic heterocycles. The molecule has 0 aliphatic rings. The third kappa shape index (κ3) is 3.14. The first-order valence-electron chi connectivity index (χ1n) is 7.06. The Bertz CT molecular complexity index is 530. The molecule has 2 rings (SSSR count). The second kappa shape index (κ2) is 6.17. The third-order valence-electron chi connectivity index (χ3n) is 3.47. The molecule has 3 N–H and O–H groups in total. The lowest BCUT2D eigenvalue weighted by atomic mass is 9.99. The van der Waals surface area contributed by atoms with Gasteiger partial charge in [-0.05, 0) is 25.3 Å². The Morgan fingerprint density at radius 1 is 1.32 bits per heavy atom. The summed E-state index contributed by atoms with van der Waals surface area (Å²) in [5, 5.41) is 5.97. The molecule has 1 heterocycles. The fourth-order valence-corrected chi connectivity index (χ4v) is 2.60. The molecule has 1 aromatic carbocycles. The summed E-state index contributed by atoms with van der Waals surface area (Å²) in [5.41, 5.74) is 5.27. The van der Waals surface area contributed by atoms with Crippen LogP contribution in [0, 0.1) is 5.92 Å². The highest BCUT2D eigenvalue weighted by Gasteiger charge is 2.15. The van der Waals surface area contributed by atoms with E-state index in [9.17, 15) is 0 Å². The Balaban J connectivity index is 2.29. The zero-order valence-electron chi connectivity index (χ0n) is 12.1. The predicted octanol–water partition coefficient (Wildman–Crippen LogP) is 2.48. The van der Waals surface area contributed by atoms with E-state index >= 15 is 0 Å². The minimum Gasteiger partial charge on any atom is -0.271 e. The second-order valence-electron chi connectivity index (χ2n) is 5.48. The van der Waals surface area contributed by atoms with E-state index < -0.39 is 0 Å². The van der Waals surface area contributed by atoms with Crippen LogP contribution in [0.2, 0.25) is 0 Å². The molecule has 1 unspecified atom stereocenters. The smallest absolute Gasteiger partial charge is 0.0719 e. The fourth-order valence-electron chi connectivity index (χ4n) is 2.60. The van der Waals surface area contributed by atoms with Crippen LogP contribution >= 0.6 is 0 Å². The summed E-state index contributed by atoms with van der Waals surface area (Å²) in [6.07, 6.45) is 1.94. The lowest BCUT2D eigenvalue weighted by Gasteiger charge is -2.16. The van der Waals surface area contributed by atoms with Crippen molar-refractivity contribution in [3.8, 4) is 0 Å². The van der Waals surface area contributed by atoms with Crippen molar-refractivity contribution in [3.05, 3.63) is 30.0 Å². The normalized spacial score (nSPS) is 13.3. The van der Waals surface area contributed by atoms with Gasteiger partial charge in [-0.2, -0.15) is 5.10 Å². The van der Waals surface area contributed by atoms with Gasteiger partial charge in [-0.25, -0.2) is 0 Å². The van der Waals surface area contributed by atoms with E-state index in [1.807, 2.05) is 0 Å². The maximum absolute atomic E-state index is 5.67. The van der Waals surface area contributed by atoms with E-state index in [2.05, 4.69) is 55.1 Å². The molecule has 0 fully saturated rings. The molecule has 4 nitrogen and oxygen atoms in total. The van der Waals surface area contributed by atoms with Gasteiger partial charge in [0.05, 0.1) is 11.2 Å². The number of benzene rings is 1. The standard InChI is InChI=1S/C15H24N4/c1-4-19-15-8-6-5-7-13(15)14(18-19)10-12(17-16)9-11(2)3/h5-8,11-12,17H,4,9-10,16H2,1-3H3. The quantitative estimate of drug-likeness (QED) is 0.619. The maximum Gasteiger partial charge on any atom is 0.0719 e. The van der Waals surface area contributed by atoms with Crippen LogP contribution in [-0.4, -0.2) is 15.8 Å². The number of para-hydroxylation sites is 1. The van der Waals surface area contributed by atoms with E-state index in [1.54, 1.807) is 0 Å². The van der Waals surface area contributed by atoms with E-state index in [0.717, 1.165) is 25.1 Å². The van der Waals surface area contributed by atoms with Crippen molar-refractivity contribution in [1.29, 1.82) is 0 Å². The molecule has 1 atom stereocenters. The number of rotatable bonds is 6. The first-order valence-corrected chi connectivity index (χ1v) is 7.06. The number of hydrogen-bond acceptors (Lipinski definition) is 3. The van der Waals surface area contributed by atoms with Crippen LogP contribution in [-0.2, 0) is 13.0 Å². The predicted molar refractivity (Wildman–Crippen MR) is 79.7 cm³/mol. The lowest BCUT2D eigenvalue weighted by molar-refractivity contribution is 0.419. The zero-order chi connectivity index (χ0) is 13.8. The van der Waals surface area contributed by atoms with Crippen LogP contribution in [0.5, 0.6) is 0 Å². The van der Waals surface area contributed by atoms with Gasteiger partial charge in [0.1, 0.15) is 0 Å². The van der Waals surface area contributed by atoms with Crippen LogP contribution in [0.4, 0.5) is 0 Å². The van der Waals surface area contributed by atoms with E-state index in [4.69, 9.17) is 10.9 Å². The maximum atomic E-state index is 5.67. The van der Waals surface area contributed by atoms with Crippen molar-refractivity contribution in [2.45, 2.75) is 46.2 Å². The van der Waals surface area contributed by atoms with E-state index in [-0.39, 0.29) is 6.04 Å². The number of aryl methyl sites for hydroxylation is 1. The molecular formula is C15H24N4. The molecule has 0 aliphatic carbocycles. The van der Waals surface area contributed by atoms with Crippen molar-refractivity contribution in [2.75, 3.05) is 0 Å². The molecule has 104 valence electrons. The Kier molecular flexibility index (Phi) is 4.56. The van der Waals surface area contributed by atoms with Gasteiger partial charge in [-0.1, -0.05) is 32.0 Å². The molecule has 19 heavy (non-hydrogen) atoms. The second-order valence-corrected chi connectivity index (χ2v) is 5.48. The number of nitrogens with zero attached hydrogens (tertiary/aromatic N) is 2. The molecule has 2 aromatic rings. The van der Waals surface area contributed by atoms with Crippen molar-refractivity contribution in [2.24, 2.45) is 11.8 Å². The summed E-state index contributed by atoms with van der Waals surface area (Å²) in [6, 6.07) is 8.69. The number of hydrazine groups is 1. The van der Waals surface area contributed by atoms with Crippen LogP contribution < -0.4 is 11.3 Å². The van der Waals surface area contributed by atoms with Gasteiger partial charge >= 0.3 is 0 Å². The third-order valence-corrected chi connectivity index (χ3v) is 3.47. The Hall–Kier alpha value is -1.39. The molecule has 0 radical (unpaired) electrons. The van der Waals surface area contributed by atoms with Gasteiger partial charge in [-0.15, -0.1) is 0 Å². The highest BCUT2D eigenvalue weighted by Crippen LogP contribution is 2.20. The first-order chi connectivity index (χ1) is 9.15. The minimum atomic E-state index is 0.281. The van der Waals surface area contributed by atoms with Gasteiger partial charge in [0.2, 0.25) is 0 Å². The van der Waals surface area contributed by atoms with Crippen molar-refractivity contribution in [3.63, 3.8) is 0 Å². The van der Waals surface area contributed by atoms with Crippen LogP contribution in [0.15, 0.2) is 24.3 Å². The van der Waals surface area contributed by atoms with E-state index in [0.29, 0.717) is 5.92 Å². The number of hydrogen-bond donors (Lipinski definition) is 2. The fraction of sp³-hybridized carbons (Fsp3) is 0.533. The summed E-state index contributed by atoms with van der Waals surface area (Å²) in [5.74, 6) is 6.29. The summed E-state index contributed by atoms with van der Waals surface area (Å²) < 4.78 is 2.06. The summed E-state index contributed by atoms with van der Waals surface area (Å²) in [4.78, 5) is 0. The Labute approximate surface area is 114 Å². The van der Waals surface area contributed by atoms with Gasteiger partial charge in [0.25, 0.3) is 0 Å². The number of nitrogens with two attached hydrogens (primary N) is 1.